The molecule has 1 aliphatic heterocycles. The SMILES string of the molecule is Cn1ncc2c(NCC3(O)CCOC3)ncnc21. The van der Waals surface area contributed by atoms with Gasteiger partial charge in [-0.2, -0.15) is 5.10 Å². The lowest BCUT2D eigenvalue weighted by Gasteiger charge is -2.20. The van der Waals surface area contributed by atoms with E-state index in [1.807, 2.05) is 7.05 Å². The van der Waals surface area contributed by atoms with E-state index in [0.717, 1.165) is 11.0 Å². The van der Waals surface area contributed by atoms with Crippen LogP contribution in [-0.4, -0.2) is 50.2 Å². The maximum Gasteiger partial charge on any atom is 0.163 e. The van der Waals surface area contributed by atoms with Crippen LogP contribution in [0.15, 0.2) is 12.5 Å². The standard InChI is InChI=1S/C11H15N5O2/c1-16-10-8(4-15-16)9(13-7-14-10)12-5-11(17)2-3-18-6-11/h4,7,17H,2-3,5-6H2,1H3,(H,12,13,14). The molecule has 0 aromatic carbocycles. The predicted molar refractivity (Wildman–Crippen MR) is 65.2 cm³/mol. The lowest BCUT2D eigenvalue weighted by Crippen LogP contribution is -2.37. The molecule has 7 nitrogen and oxygen atoms in total. The second-order valence-corrected chi connectivity index (χ2v) is 4.61. The van der Waals surface area contributed by atoms with Gasteiger partial charge in [-0.3, -0.25) is 4.68 Å². The van der Waals surface area contributed by atoms with Crippen molar-refractivity contribution in [3.63, 3.8) is 0 Å². The van der Waals surface area contributed by atoms with Crippen LogP contribution in [0.4, 0.5) is 5.82 Å². The zero-order chi connectivity index (χ0) is 12.6. The molecule has 2 aromatic heterocycles. The van der Waals surface area contributed by atoms with Crippen molar-refractivity contribution >= 4 is 16.9 Å². The lowest BCUT2D eigenvalue weighted by molar-refractivity contribution is 0.0381. The molecular weight excluding hydrogens is 234 g/mol. The van der Waals surface area contributed by atoms with Crippen LogP contribution in [-0.2, 0) is 11.8 Å². The minimum atomic E-state index is -0.806. The minimum absolute atomic E-state index is 0.362. The lowest BCUT2D eigenvalue weighted by atomic mass is 10.0. The normalized spacial score (nSPS) is 23.7. The Labute approximate surface area is 104 Å². The van der Waals surface area contributed by atoms with Gasteiger partial charge < -0.3 is 15.2 Å². The van der Waals surface area contributed by atoms with Crippen molar-refractivity contribution in [1.29, 1.82) is 0 Å². The first-order valence-corrected chi connectivity index (χ1v) is 5.85. The Hall–Kier alpha value is -1.73. The van der Waals surface area contributed by atoms with Crippen LogP contribution in [0.3, 0.4) is 0 Å². The molecule has 2 N–H and O–H groups in total. The van der Waals surface area contributed by atoms with Crippen molar-refractivity contribution in [2.24, 2.45) is 7.05 Å². The minimum Gasteiger partial charge on any atom is -0.386 e. The fraction of sp³-hybridized carbons (Fsp3) is 0.545. The van der Waals surface area contributed by atoms with Crippen molar-refractivity contribution in [2.75, 3.05) is 25.1 Å². The summed E-state index contributed by atoms with van der Waals surface area (Å²) in [5.41, 5.74) is -0.0402. The van der Waals surface area contributed by atoms with Crippen molar-refractivity contribution < 1.29 is 9.84 Å². The molecule has 1 unspecified atom stereocenters. The van der Waals surface area contributed by atoms with E-state index < -0.39 is 5.60 Å². The Morgan fingerprint density at radius 3 is 3.22 bits per heavy atom. The van der Waals surface area contributed by atoms with Crippen molar-refractivity contribution in [3.8, 4) is 0 Å². The molecule has 0 saturated carbocycles. The van der Waals surface area contributed by atoms with Gasteiger partial charge in [0, 0.05) is 26.6 Å². The predicted octanol–water partition coefficient (Wildman–Crippen LogP) is -0.0734. The van der Waals surface area contributed by atoms with Gasteiger partial charge in [0.15, 0.2) is 5.65 Å². The fourth-order valence-corrected chi connectivity index (χ4v) is 2.09. The molecule has 0 spiro atoms. The first-order valence-electron chi connectivity index (χ1n) is 5.85. The van der Waals surface area contributed by atoms with Gasteiger partial charge in [-0.05, 0) is 0 Å². The highest BCUT2D eigenvalue weighted by Gasteiger charge is 2.32. The summed E-state index contributed by atoms with van der Waals surface area (Å²) >= 11 is 0. The Bertz CT molecular complexity index is 562. The molecule has 3 rings (SSSR count). The van der Waals surface area contributed by atoms with Gasteiger partial charge in [0.2, 0.25) is 0 Å². The number of rotatable bonds is 3. The van der Waals surface area contributed by atoms with Gasteiger partial charge in [0.25, 0.3) is 0 Å². The highest BCUT2D eigenvalue weighted by molar-refractivity contribution is 5.85. The van der Waals surface area contributed by atoms with Crippen molar-refractivity contribution in [3.05, 3.63) is 12.5 Å². The Balaban J connectivity index is 1.82. The van der Waals surface area contributed by atoms with E-state index in [0.29, 0.717) is 32.0 Å². The highest BCUT2D eigenvalue weighted by Crippen LogP contribution is 2.22. The first-order chi connectivity index (χ1) is 8.68. The number of aryl methyl sites for hydroxylation is 1. The van der Waals surface area contributed by atoms with E-state index in [1.54, 1.807) is 10.9 Å². The molecule has 1 atom stereocenters. The monoisotopic (exact) mass is 249 g/mol. The van der Waals surface area contributed by atoms with E-state index in [4.69, 9.17) is 4.74 Å². The summed E-state index contributed by atoms with van der Waals surface area (Å²) in [6, 6.07) is 0. The third kappa shape index (κ3) is 1.91. The summed E-state index contributed by atoms with van der Waals surface area (Å²) in [6.45, 7) is 1.37. The summed E-state index contributed by atoms with van der Waals surface area (Å²) < 4.78 is 6.89. The van der Waals surface area contributed by atoms with E-state index in [-0.39, 0.29) is 0 Å². The third-order valence-corrected chi connectivity index (χ3v) is 3.20. The van der Waals surface area contributed by atoms with Crippen LogP contribution in [0, 0.1) is 0 Å². The van der Waals surface area contributed by atoms with Crippen LogP contribution >= 0.6 is 0 Å². The average Bonchev–Trinajstić information content (AvgIpc) is 2.96. The van der Waals surface area contributed by atoms with Gasteiger partial charge in [-0.15, -0.1) is 0 Å². The summed E-state index contributed by atoms with van der Waals surface area (Å²) in [7, 11) is 1.83. The molecule has 96 valence electrons. The Kier molecular flexibility index (Phi) is 2.64. The number of nitrogens with one attached hydrogen (secondary N) is 1. The number of fused-ring (bicyclic) bond motifs is 1. The van der Waals surface area contributed by atoms with Crippen LogP contribution in [0.1, 0.15) is 6.42 Å². The van der Waals surface area contributed by atoms with Gasteiger partial charge in [0.05, 0.1) is 18.2 Å². The van der Waals surface area contributed by atoms with Crippen LogP contribution < -0.4 is 5.32 Å². The number of aromatic nitrogens is 4. The van der Waals surface area contributed by atoms with Gasteiger partial charge >= 0.3 is 0 Å². The van der Waals surface area contributed by atoms with Gasteiger partial charge in [-0.25, -0.2) is 9.97 Å². The second kappa shape index (κ2) is 4.18. The number of nitrogens with zero attached hydrogens (tertiary/aromatic N) is 4. The van der Waals surface area contributed by atoms with Gasteiger partial charge in [0.1, 0.15) is 17.7 Å². The third-order valence-electron chi connectivity index (χ3n) is 3.20. The summed E-state index contributed by atoms with van der Waals surface area (Å²) in [4.78, 5) is 8.35. The number of anilines is 1. The Morgan fingerprint density at radius 2 is 2.44 bits per heavy atom. The molecule has 7 heteroatoms. The largest absolute Gasteiger partial charge is 0.386 e. The molecule has 3 heterocycles. The quantitative estimate of drug-likeness (QED) is 0.792. The molecule has 1 aliphatic rings. The number of aliphatic hydroxyl groups is 1. The molecule has 1 fully saturated rings. The Morgan fingerprint density at radius 1 is 1.56 bits per heavy atom. The zero-order valence-electron chi connectivity index (χ0n) is 10.1. The van der Waals surface area contributed by atoms with Crippen LogP contribution in [0.25, 0.3) is 11.0 Å². The first kappa shape index (κ1) is 11.4. The number of hydrogen-bond donors (Lipinski definition) is 2. The van der Waals surface area contributed by atoms with Crippen molar-refractivity contribution in [1.82, 2.24) is 19.7 Å². The van der Waals surface area contributed by atoms with Crippen LogP contribution in [0.5, 0.6) is 0 Å². The molecule has 0 aliphatic carbocycles. The van der Waals surface area contributed by atoms with Crippen molar-refractivity contribution in [2.45, 2.75) is 12.0 Å². The average molecular weight is 249 g/mol. The molecule has 0 bridgehead atoms. The van der Waals surface area contributed by atoms with E-state index in [9.17, 15) is 5.11 Å². The molecule has 2 aromatic rings. The zero-order valence-corrected chi connectivity index (χ0v) is 10.1. The summed E-state index contributed by atoms with van der Waals surface area (Å²) in [6.07, 6.45) is 3.84. The topological polar surface area (TPSA) is 85.1 Å². The highest BCUT2D eigenvalue weighted by atomic mass is 16.5. The maximum atomic E-state index is 10.2. The van der Waals surface area contributed by atoms with Gasteiger partial charge in [-0.1, -0.05) is 0 Å². The molecule has 0 radical (unpaired) electrons. The fourth-order valence-electron chi connectivity index (χ4n) is 2.09. The molecule has 18 heavy (non-hydrogen) atoms. The maximum absolute atomic E-state index is 10.2. The number of hydrogen-bond acceptors (Lipinski definition) is 6. The smallest absolute Gasteiger partial charge is 0.163 e. The van der Waals surface area contributed by atoms with E-state index in [2.05, 4.69) is 20.4 Å². The molecule has 0 amide bonds. The number of ether oxygens (including phenoxy) is 1. The summed E-state index contributed by atoms with van der Waals surface area (Å²) in [5, 5.41) is 18.3. The van der Waals surface area contributed by atoms with E-state index in [1.165, 1.54) is 6.33 Å². The molecule has 1 saturated heterocycles. The molecular formula is C11H15N5O2. The summed E-state index contributed by atoms with van der Waals surface area (Å²) in [5.74, 6) is 0.688. The van der Waals surface area contributed by atoms with E-state index >= 15 is 0 Å². The van der Waals surface area contributed by atoms with Crippen LogP contribution in [0.2, 0.25) is 0 Å². The second-order valence-electron chi connectivity index (χ2n) is 4.61.